The van der Waals surface area contributed by atoms with Crippen molar-refractivity contribution in [1.29, 1.82) is 0 Å². The van der Waals surface area contributed by atoms with Crippen LogP contribution in [0.5, 0.6) is 0 Å². The highest BCUT2D eigenvalue weighted by Gasteiger charge is 2.35. The minimum absolute atomic E-state index is 0.0112. The third kappa shape index (κ3) is 2.66. The van der Waals surface area contributed by atoms with Gasteiger partial charge in [-0.15, -0.1) is 11.3 Å². The van der Waals surface area contributed by atoms with Gasteiger partial charge in [0, 0.05) is 19.7 Å². The molecule has 1 saturated heterocycles. The van der Waals surface area contributed by atoms with Gasteiger partial charge in [0.2, 0.25) is 10.0 Å². The second-order valence-electron chi connectivity index (χ2n) is 4.31. The maximum atomic E-state index is 12.4. The first-order valence-electron chi connectivity index (χ1n) is 5.77. The van der Waals surface area contributed by atoms with Gasteiger partial charge in [0.15, 0.2) is 0 Å². The van der Waals surface area contributed by atoms with Crippen LogP contribution in [0.15, 0.2) is 16.3 Å². The maximum absolute atomic E-state index is 12.4. The SMILES string of the molecule is COC(=O)c1sccc1S(=O)(=O)N1CCC(CO)C1. The predicted molar refractivity (Wildman–Crippen MR) is 69.6 cm³/mol. The topological polar surface area (TPSA) is 83.9 Å². The highest BCUT2D eigenvalue weighted by molar-refractivity contribution is 7.89. The molecule has 19 heavy (non-hydrogen) atoms. The molecule has 0 spiro atoms. The number of ether oxygens (including phenoxy) is 1. The molecular weight excluding hydrogens is 290 g/mol. The monoisotopic (exact) mass is 305 g/mol. The van der Waals surface area contributed by atoms with Gasteiger partial charge in [-0.2, -0.15) is 4.31 Å². The Hall–Kier alpha value is -0.960. The summed E-state index contributed by atoms with van der Waals surface area (Å²) in [7, 11) is -2.47. The number of esters is 1. The summed E-state index contributed by atoms with van der Waals surface area (Å²) in [6.07, 6.45) is 0.632. The molecule has 1 atom stereocenters. The van der Waals surface area contributed by atoms with Gasteiger partial charge in [0.25, 0.3) is 0 Å². The number of aliphatic hydroxyl groups excluding tert-OH is 1. The molecule has 1 N–H and O–H groups in total. The Labute approximate surface area is 115 Å². The number of sulfonamides is 1. The molecular formula is C11H15NO5S2. The molecule has 1 unspecified atom stereocenters. The number of hydrogen-bond acceptors (Lipinski definition) is 6. The van der Waals surface area contributed by atoms with E-state index in [1.54, 1.807) is 5.38 Å². The summed E-state index contributed by atoms with van der Waals surface area (Å²) in [4.78, 5) is 11.6. The third-order valence-corrected chi connectivity index (χ3v) is 6.06. The zero-order chi connectivity index (χ0) is 14.0. The lowest BCUT2D eigenvalue weighted by Gasteiger charge is -2.16. The zero-order valence-corrected chi connectivity index (χ0v) is 12.0. The third-order valence-electron chi connectivity index (χ3n) is 3.12. The Kier molecular flexibility index (Phi) is 4.24. The minimum atomic E-state index is -3.69. The standard InChI is InChI=1S/C11H15NO5S2/c1-17-11(14)10-9(3-5-18-10)19(15,16)12-4-2-8(6-12)7-13/h3,5,8,13H,2,4,6-7H2,1H3. The quantitative estimate of drug-likeness (QED) is 0.821. The van der Waals surface area contributed by atoms with Crippen LogP contribution >= 0.6 is 11.3 Å². The molecule has 0 aromatic carbocycles. The fourth-order valence-electron chi connectivity index (χ4n) is 2.05. The van der Waals surface area contributed by atoms with E-state index in [1.165, 1.54) is 17.5 Å². The van der Waals surface area contributed by atoms with Crippen LogP contribution < -0.4 is 0 Å². The number of methoxy groups -OCH3 is 1. The van der Waals surface area contributed by atoms with Crippen molar-refractivity contribution in [3.8, 4) is 0 Å². The van der Waals surface area contributed by atoms with Gasteiger partial charge >= 0.3 is 5.97 Å². The summed E-state index contributed by atoms with van der Waals surface area (Å²) in [5, 5.41) is 10.6. The lowest BCUT2D eigenvalue weighted by Crippen LogP contribution is -2.30. The summed E-state index contributed by atoms with van der Waals surface area (Å²) in [6.45, 7) is 0.624. The number of carbonyl (C=O) groups excluding carboxylic acids is 1. The van der Waals surface area contributed by atoms with Crippen molar-refractivity contribution < 1.29 is 23.1 Å². The first-order valence-corrected chi connectivity index (χ1v) is 8.09. The van der Waals surface area contributed by atoms with E-state index in [-0.39, 0.29) is 28.8 Å². The molecule has 8 heteroatoms. The lowest BCUT2D eigenvalue weighted by atomic mass is 10.1. The van der Waals surface area contributed by atoms with Gasteiger partial charge in [0.05, 0.1) is 7.11 Å². The van der Waals surface area contributed by atoms with Gasteiger partial charge in [-0.05, 0) is 23.8 Å². The van der Waals surface area contributed by atoms with Crippen LogP contribution in [-0.4, -0.2) is 50.6 Å². The first kappa shape index (κ1) is 14.4. The van der Waals surface area contributed by atoms with Gasteiger partial charge < -0.3 is 9.84 Å². The van der Waals surface area contributed by atoms with Crippen molar-refractivity contribution in [3.63, 3.8) is 0 Å². The average molecular weight is 305 g/mol. The molecule has 0 radical (unpaired) electrons. The van der Waals surface area contributed by atoms with Gasteiger partial charge in [-0.1, -0.05) is 0 Å². The smallest absolute Gasteiger partial charge is 0.349 e. The second-order valence-corrected chi connectivity index (χ2v) is 7.13. The second kappa shape index (κ2) is 5.58. The van der Waals surface area contributed by atoms with Crippen molar-refractivity contribution in [2.45, 2.75) is 11.3 Å². The predicted octanol–water partition coefficient (Wildman–Crippen LogP) is 0.538. The fraction of sp³-hybridized carbons (Fsp3) is 0.545. The molecule has 2 rings (SSSR count). The van der Waals surface area contributed by atoms with Gasteiger partial charge in [-0.3, -0.25) is 0 Å². The van der Waals surface area contributed by atoms with E-state index >= 15 is 0 Å². The summed E-state index contributed by atoms with van der Waals surface area (Å²) in [5.41, 5.74) is 0. The molecule has 1 fully saturated rings. The Morgan fingerprint density at radius 3 is 2.95 bits per heavy atom. The number of thiophene rings is 1. The van der Waals surface area contributed by atoms with Crippen LogP contribution in [0.4, 0.5) is 0 Å². The Morgan fingerprint density at radius 2 is 2.37 bits per heavy atom. The van der Waals surface area contributed by atoms with Crippen molar-refractivity contribution in [1.82, 2.24) is 4.31 Å². The highest BCUT2D eigenvalue weighted by atomic mass is 32.2. The molecule has 106 valence electrons. The number of carbonyl (C=O) groups is 1. The summed E-state index contributed by atoms with van der Waals surface area (Å²) in [6, 6.07) is 1.42. The Balaban J connectivity index is 2.31. The molecule has 2 heterocycles. The molecule has 6 nitrogen and oxygen atoms in total. The molecule has 1 aromatic heterocycles. The fourth-order valence-corrected chi connectivity index (χ4v) is 4.88. The molecule has 0 aliphatic carbocycles. The molecule has 1 aliphatic rings. The van der Waals surface area contributed by atoms with Crippen molar-refractivity contribution in [2.24, 2.45) is 5.92 Å². The van der Waals surface area contributed by atoms with Crippen LogP contribution in [-0.2, 0) is 14.8 Å². The molecule has 1 aromatic rings. The van der Waals surface area contributed by atoms with Crippen LogP contribution in [0.25, 0.3) is 0 Å². The van der Waals surface area contributed by atoms with Gasteiger partial charge in [0.1, 0.15) is 9.77 Å². The average Bonchev–Trinajstić information content (AvgIpc) is 3.06. The van der Waals surface area contributed by atoms with Gasteiger partial charge in [-0.25, -0.2) is 13.2 Å². The Bertz CT molecular complexity index is 565. The lowest BCUT2D eigenvalue weighted by molar-refractivity contribution is 0.0602. The summed E-state index contributed by atoms with van der Waals surface area (Å²) >= 11 is 1.04. The van der Waals surface area contributed by atoms with Crippen LogP contribution in [0.2, 0.25) is 0 Å². The highest BCUT2D eigenvalue weighted by Crippen LogP contribution is 2.29. The molecule has 0 amide bonds. The zero-order valence-electron chi connectivity index (χ0n) is 10.4. The summed E-state index contributed by atoms with van der Waals surface area (Å²) in [5.74, 6) is -0.679. The summed E-state index contributed by atoms with van der Waals surface area (Å²) < 4.78 is 30.8. The van der Waals surface area contributed by atoms with Crippen molar-refractivity contribution in [3.05, 3.63) is 16.3 Å². The van der Waals surface area contributed by atoms with E-state index in [1.807, 2.05) is 0 Å². The largest absolute Gasteiger partial charge is 0.465 e. The number of hydrogen-bond donors (Lipinski definition) is 1. The van der Waals surface area contributed by atoms with Crippen LogP contribution in [0.1, 0.15) is 16.1 Å². The van der Waals surface area contributed by atoms with E-state index < -0.39 is 16.0 Å². The van der Waals surface area contributed by atoms with E-state index in [4.69, 9.17) is 5.11 Å². The number of rotatable bonds is 4. The van der Waals surface area contributed by atoms with E-state index in [9.17, 15) is 13.2 Å². The number of aliphatic hydroxyl groups is 1. The van der Waals surface area contributed by atoms with E-state index in [0.717, 1.165) is 11.3 Å². The normalized spacial score (nSPS) is 20.6. The number of nitrogens with zero attached hydrogens (tertiary/aromatic N) is 1. The van der Waals surface area contributed by atoms with Crippen molar-refractivity contribution in [2.75, 3.05) is 26.8 Å². The van der Waals surface area contributed by atoms with Crippen molar-refractivity contribution >= 4 is 27.3 Å². The minimum Gasteiger partial charge on any atom is -0.465 e. The molecule has 0 saturated carbocycles. The van der Waals surface area contributed by atoms with Crippen LogP contribution in [0, 0.1) is 5.92 Å². The maximum Gasteiger partial charge on any atom is 0.349 e. The van der Waals surface area contributed by atoms with Crippen LogP contribution in [0.3, 0.4) is 0 Å². The molecule has 1 aliphatic heterocycles. The van der Waals surface area contributed by atoms with E-state index in [2.05, 4.69) is 4.74 Å². The van der Waals surface area contributed by atoms with E-state index in [0.29, 0.717) is 13.0 Å². The molecule has 0 bridgehead atoms. The first-order chi connectivity index (χ1) is 9.00. The Morgan fingerprint density at radius 1 is 1.63 bits per heavy atom.